The van der Waals surface area contributed by atoms with Crippen LogP contribution in [0.1, 0.15) is 41.5 Å². The van der Waals surface area contributed by atoms with Crippen LogP contribution in [0.5, 0.6) is 11.5 Å². The second kappa shape index (κ2) is 10.9. The molecule has 0 atom stereocenters. The maximum Gasteiger partial charge on any atom is 0.375 e. The second-order valence-corrected chi connectivity index (χ2v) is 9.09. The highest BCUT2D eigenvalue weighted by Crippen LogP contribution is 2.30. The first-order valence-corrected chi connectivity index (χ1v) is 11.5. The Hall–Kier alpha value is -4.42. The molecule has 4 aromatic carbocycles. The Morgan fingerprint density at radius 3 is 1.92 bits per heavy atom. The molecule has 0 fully saturated rings. The highest BCUT2D eigenvalue weighted by Gasteiger charge is 2.21. The van der Waals surface area contributed by atoms with Gasteiger partial charge in [0.15, 0.2) is 0 Å². The van der Waals surface area contributed by atoms with Crippen molar-refractivity contribution in [3.05, 3.63) is 114 Å². The van der Waals surface area contributed by atoms with Crippen molar-refractivity contribution in [2.45, 2.75) is 26.4 Å². The molecular weight excluding hydrogens is 454 g/mol. The summed E-state index contributed by atoms with van der Waals surface area (Å²) < 4.78 is 5.87. The summed E-state index contributed by atoms with van der Waals surface area (Å²) in [6, 6.07) is 31.0. The first-order chi connectivity index (χ1) is 17.3. The molecule has 6 nitrogen and oxygen atoms in total. The maximum atomic E-state index is 12.9. The van der Waals surface area contributed by atoms with Crippen molar-refractivity contribution in [1.29, 1.82) is 0 Å². The van der Waals surface area contributed by atoms with Gasteiger partial charge in [0.1, 0.15) is 17.1 Å². The van der Waals surface area contributed by atoms with E-state index in [9.17, 15) is 9.59 Å². The van der Waals surface area contributed by atoms with Crippen molar-refractivity contribution >= 4 is 17.6 Å². The first-order valence-electron chi connectivity index (χ1n) is 11.5. The third-order valence-corrected chi connectivity index (χ3v) is 5.06. The van der Waals surface area contributed by atoms with E-state index in [-0.39, 0.29) is 11.5 Å². The van der Waals surface area contributed by atoms with Crippen LogP contribution < -0.4 is 10.1 Å². The predicted octanol–water partition coefficient (Wildman–Crippen LogP) is 7.29. The molecule has 1 N–H and O–H groups in total. The smallest absolute Gasteiger partial charge is 0.375 e. The van der Waals surface area contributed by atoms with Gasteiger partial charge in [-0.25, -0.2) is 4.79 Å². The van der Waals surface area contributed by atoms with Crippen LogP contribution in [0, 0.1) is 0 Å². The van der Waals surface area contributed by atoms with E-state index in [1.165, 1.54) is 0 Å². The van der Waals surface area contributed by atoms with Gasteiger partial charge in [0.2, 0.25) is 0 Å². The molecule has 0 radical (unpaired) electrons. The molecule has 0 unspecified atom stereocenters. The first kappa shape index (κ1) is 24.7. The number of para-hydroxylation sites is 1. The number of rotatable bonds is 7. The summed E-state index contributed by atoms with van der Waals surface area (Å²) in [7, 11) is 0. The number of ether oxygens (including phenoxy) is 1. The molecule has 0 aliphatic carbocycles. The van der Waals surface area contributed by atoms with Crippen LogP contribution in [0.3, 0.4) is 0 Å². The molecule has 0 aromatic heterocycles. The van der Waals surface area contributed by atoms with E-state index in [1.54, 1.807) is 63.2 Å². The molecule has 0 aliphatic heterocycles. The Bertz CT molecular complexity index is 1330. The van der Waals surface area contributed by atoms with E-state index in [1.807, 2.05) is 60.7 Å². The molecule has 4 aromatic rings. The lowest BCUT2D eigenvalue weighted by molar-refractivity contribution is -0.301. The van der Waals surface area contributed by atoms with Crippen LogP contribution in [-0.2, 0) is 9.78 Å². The minimum atomic E-state index is -0.702. The Morgan fingerprint density at radius 1 is 0.694 bits per heavy atom. The fourth-order valence-electron chi connectivity index (χ4n) is 3.34. The zero-order valence-corrected chi connectivity index (χ0v) is 20.4. The predicted molar refractivity (Wildman–Crippen MR) is 139 cm³/mol. The van der Waals surface area contributed by atoms with Gasteiger partial charge in [-0.3, -0.25) is 9.68 Å². The third-order valence-electron chi connectivity index (χ3n) is 5.06. The lowest BCUT2D eigenvalue weighted by Gasteiger charge is -2.18. The Kier molecular flexibility index (Phi) is 7.47. The molecule has 36 heavy (non-hydrogen) atoms. The molecular formula is C30H27NO5. The van der Waals surface area contributed by atoms with Gasteiger partial charge in [-0.2, -0.15) is 4.89 Å². The molecule has 0 saturated carbocycles. The average molecular weight is 482 g/mol. The van der Waals surface area contributed by atoms with Crippen LogP contribution in [0.4, 0.5) is 5.69 Å². The highest BCUT2D eigenvalue weighted by atomic mass is 17.2. The average Bonchev–Trinajstić information content (AvgIpc) is 2.88. The second-order valence-electron chi connectivity index (χ2n) is 9.09. The van der Waals surface area contributed by atoms with E-state index in [0.717, 1.165) is 16.9 Å². The number of amides is 1. The van der Waals surface area contributed by atoms with Crippen LogP contribution in [-0.4, -0.2) is 17.5 Å². The fourth-order valence-corrected chi connectivity index (χ4v) is 3.34. The lowest BCUT2D eigenvalue weighted by atomic mass is 10.0. The summed E-state index contributed by atoms with van der Waals surface area (Å²) in [6.07, 6.45) is 0. The van der Waals surface area contributed by atoms with Gasteiger partial charge in [0.25, 0.3) is 5.91 Å². The van der Waals surface area contributed by atoms with Gasteiger partial charge >= 0.3 is 5.97 Å². The number of carbonyl (C=O) groups is 2. The molecule has 6 heteroatoms. The van der Waals surface area contributed by atoms with E-state index < -0.39 is 11.6 Å². The van der Waals surface area contributed by atoms with Crippen molar-refractivity contribution in [3.63, 3.8) is 0 Å². The Morgan fingerprint density at radius 2 is 1.28 bits per heavy atom. The molecule has 0 saturated heterocycles. The summed E-state index contributed by atoms with van der Waals surface area (Å²) in [6.45, 7) is 5.31. The summed E-state index contributed by atoms with van der Waals surface area (Å²) >= 11 is 0. The third kappa shape index (κ3) is 6.58. The molecule has 1 amide bonds. The number of hydrogen-bond donors (Lipinski definition) is 1. The molecule has 182 valence electrons. The summed E-state index contributed by atoms with van der Waals surface area (Å²) in [5, 5.41) is 2.84. The minimum Gasteiger partial charge on any atom is -0.457 e. The van der Waals surface area contributed by atoms with E-state index >= 15 is 0 Å². The molecule has 4 rings (SSSR count). The van der Waals surface area contributed by atoms with Gasteiger partial charge in [0, 0.05) is 5.56 Å². The normalized spacial score (nSPS) is 11.0. The number of nitrogens with one attached hydrogen (secondary N) is 1. The van der Waals surface area contributed by atoms with Crippen LogP contribution in [0.2, 0.25) is 0 Å². The zero-order chi connectivity index (χ0) is 25.5. The summed E-state index contributed by atoms with van der Waals surface area (Å²) in [5.74, 6) is 0.398. The van der Waals surface area contributed by atoms with E-state index in [4.69, 9.17) is 14.5 Å². The molecule has 0 aliphatic rings. The standard InChI is InChI=1S/C30H27NO5/c1-30(2,3)36-35-29(33)26-19-16-23(20-27(26)31-28(32)22-10-6-4-7-11-22)21-14-17-25(18-15-21)34-24-12-8-5-9-13-24/h4-20H,1-3H3,(H,31,32). The van der Waals surface area contributed by atoms with Gasteiger partial charge in [-0.05, 0) is 80.4 Å². The van der Waals surface area contributed by atoms with Gasteiger partial charge in [-0.1, -0.05) is 54.6 Å². The molecule has 0 spiro atoms. The van der Waals surface area contributed by atoms with Gasteiger partial charge in [0.05, 0.1) is 11.3 Å². The largest absolute Gasteiger partial charge is 0.457 e. The zero-order valence-electron chi connectivity index (χ0n) is 20.4. The van der Waals surface area contributed by atoms with Gasteiger partial charge < -0.3 is 10.1 Å². The van der Waals surface area contributed by atoms with Crippen LogP contribution in [0.25, 0.3) is 11.1 Å². The summed E-state index contributed by atoms with van der Waals surface area (Å²) in [5.41, 5.74) is 1.97. The Labute approximate surface area is 210 Å². The minimum absolute atomic E-state index is 0.177. The lowest BCUT2D eigenvalue weighted by Crippen LogP contribution is -2.23. The Balaban J connectivity index is 1.61. The molecule has 0 heterocycles. The van der Waals surface area contributed by atoms with E-state index in [0.29, 0.717) is 17.0 Å². The fraction of sp³-hybridized carbons (Fsp3) is 0.133. The van der Waals surface area contributed by atoms with E-state index in [2.05, 4.69) is 5.32 Å². The van der Waals surface area contributed by atoms with Crippen molar-refractivity contribution in [2.75, 3.05) is 5.32 Å². The van der Waals surface area contributed by atoms with Crippen molar-refractivity contribution < 1.29 is 24.1 Å². The SMILES string of the molecule is CC(C)(C)OOC(=O)c1ccc(-c2ccc(Oc3ccccc3)cc2)cc1NC(=O)c1ccccc1. The van der Waals surface area contributed by atoms with Crippen LogP contribution >= 0.6 is 0 Å². The maximum absolute atomic E-state index is 12.9. The van der Waals surface area contributed by atoms with Gasteiger partial charge in [-0.15, -0.1) is 0 Å². The highest BCUT2D eigenvalue weighted by molar-refractivity contribution is 6.08. The van der Waals surface area contributed by atoms with Crippen molar-refractivity contribution in [2.24, 2.45) is 0 Å². The number of benzene rings is 4. The van der Waals surface area contributed by atoms with Crippen LogP contribution in [0.15, 0.2) is 103 Å². The summed E-state index contributed by atoms with van der Waals surface area (Å²) in [4.78, 5) is 35.9. The van der Waals surface area contributed by atoms with Crippen molar-refractivity contribution in [3.8, 4) is 22.6 Å². The number of carbonyl (C=O) groups excluding carboxylic acids is 2. The molecule has 0 bridgehead atoms. The van der Waals surface area contributed by atoms with Crippen molar-refractivity contribution in [1.82, 2.24) is 0 Å². The quantitative estimate of drug-likeness (QED) is 0.222. The number of anilines is 1. The monoisotopic (exact) mass is 481 g/mol. The number of hydrogen-bond acceptors (Lipinski definition) is 5. The topological polar surface area (TPSA) is 73.9 Å².